The summed E-state index contributed by atoms with van der Waals surface area (Å²) < 4.78 is 28.6. The van der Waals surface area contributed by atoms with Crippen LogP contribution < -0.4 is 4.74 Å². The van der Waals surface area contributed by atoms with E-state index in [1.807, 2.05) is 12.1 Å². The molecule has 1 aromatic carbocycles. The van der Waals surface area contributed by atoms with Crippen molar-refractivity contribution in [3.8, 4) is 5.75 Å². The number of hydrogen-bond donors (Lipinski definition) is 0. The van der Waals surface area contributed by atoms with Crippen LogP contribution in [-0.2, 0) is 27.5 Å². The number of likely N-dealkylation sites (N-methyl/N-ethyl adjacent to an activating group) is 1. The van der Waals surface area contributed by atoms with Gasteiger partial charge in [0.1, 0.15) is 5.75 Å². The van der Waals surface area contributed by atoms with Crippen molar-refractivity contribution in [2.24, 2.45) is 0 Å². The smallest absolute Gasteiger partial charge is 0.260 e. The molecule has 5 nitrogen and oxygen atoms in total. The highest BCUT2D eigenvalue weighted by atomic mass is 32.2. The van der Waals surface area contributed by atoms with E-state index in [4.69, 9.17) is 4.74 Å². The van der Waals surface area contributed by atoms with Gasteiger partial charge in [-0.1, -0.05) is 6.07 Å². The van der Waals surface area contributed by atoms with Crippen molar-refractivity contribution in [1.29, 1.82) is 0 Å². The van der Waals surface area contributed by atoms with Gasteiger partial charge in [-0.2, -0.15) is 0 Å². The summed E-state index contributed by atoms with van der Waals surface area (Å²) in [6, 6.07) is 5.75. The lowest BCUT2D eigenvalue weighted by Gasteiger charge is -2.23. The number of benzene rings is 1. The fourth-order valence-electron chi connectivity index (χ4n) is 3.17. The summed E-state index contributed by atoms with van der Waals surface area (Å²) in [5.41, 5.74) is 2.67. The first-order valence-corrected chi connectivity index (χ1v) is 9.47. The second-order valence-electron chi connectivity index (χ2n) is 6.13. The molecule has 1 aromatic rings. The zero-order valence-corrected chi connectivity index (χ0v) is 13.6. The van der Waals surface area contributed by atoms with Gasteiger partial charge in [0, 0.05) is 13.1 Å². The molecule has 1 aliphatic carbocycles. The Morgan fingerprint density at radius 1 is 1.32 bits per heavy atom. The van der Waals surface area contributed by atoms with Gasteiger partial charge in [-0.05, 0) is 48.9 Å². The van der Waals surface area contributed by atoms with E-state index in [1.54, 1.807) is 7.05 Å². The van der Waals surface area contributed by atoms with Crippen LogP contribution in [0.15, 0.2) is 18.2 Å². The molecule has 3 rings (SSSR count). The predicted octanol–water partition coefficient (Wildman–Crippen LogP) is 1.20. The van der Waals surface area contributed by atoms with Crippen molar-refractivity contribution >= 4 is 15.7 Å². The predicted molar refractivity (Wildman–Crippen MR) is 83.8 cm³/mol. The van der Waals surface area contributed by atoms with Crippen molar-refractivity contribution in [1.82, 2.24) is 4.90 Å². The third kappa shape index (κ3) is 3.27. The molecule has 2 aliphatic rings. The number of amides is 1. The highest BCUT2D eigenvalue weighted by molar-refractivity contribution is 7.91. The van der Waals surface area contributed by atoms with E-state index in [9.17, 15) is 13.2 Å². The molecule has 1 aliphatic heterocycles. The number of aryl methyl sites for hydroxylation is 2. The molecule has 0 radical (unpaired) electrons. The maximum absolute atomic E-state index is 12.2. The molecular weight excluding hydrogens is 302 g/mol. The van der Waals surface area contributed by atoms with Gasteiger partial charge in [0.2, 0.25) is 0 Å². The second kappa shape index (κ2) is 5.91. The minimum atomic E-state index is -2.98. The monoisotopic (exact) mass is 323 g/mol. The Morgan fingerprint density at radius 2 is 2.09 bits per heavy atom. The topological polar surface area (TPSA) is 63.7 Å². The lowest BCUT2D eigenvalue weighted by molar-refractivity contribution is -0.133. The Labute approximate surface area is 131 Å². The lowest BCUT2D eigenvalue weighted by atomic mass is 10.1. The minimum absolute atomic E-state index is 0.0498. The van der Waals surface area contributed by atoms with Gasteiger partial charge in [-0.3, -0.25) is 4.79 Å². The van der Waals surface area contributed by atoms with Crippen LogP contribution in [0.4, 0.5) is 0 Å². The number of sulfone groups is 1. The number of rotatable bonds is 4. The molecule has 0 spiro atoms. The molecular formula is C16H21NO4S. The molecule has 22 heavy (non-hydrogen) atoms. The van der Waals surface area contributed by atoms with Crippen LogP contribution in [0, 0.1) is 0 Å². The van der Waals surface area contributed by atoms with Crippen molar-refractivity contribution < 1.29 is 17.9 Å². The van der Waals surface area contributed by atoms with Gasteiger partial charge >= 0.3 is 0 Å². The Kier molecular flexibility index (Phi) is 4.12. The zero-order valence-electron chi connectivity index (χ0n) is 12.7. The Bertz CT molecular complexity index is 683. The molecule has 1 amide bonds. The van der Waals surface area contributed by atoms with Crippen LogP contribution in [0.5, 0.6) is 5.75 Å². The van der Waals surface area contributed by atoms with E-state index in [-0.39, 0.29) is 30.1 Å². The molecule has 0 aromatic heterocycles. The van der Waals surface area contributed by atoms with E-state index in [1.165, 1.54) is 22.4 Å². The summed E-state index contributed by atoms with van der Waals surface area (Å²) >= 11 is 0. The molecule has 1 saturated heterocycles. The highest BCUT2D eigenvalue weighted by Gasteiger charge is 2.32. The van der Waals surface area contributed by atoms with Crippen LogP contribution in [0.2, 0.25) is 0 Å². The molecule has 1 fully saturated rings. The number of fused-ring (bicyclic) bond motifs is 1. The second-order valence-corrected chi connectivity index (χ2v) is 8.36. The van der Waals surface area contributed by atoms with Crippen molar-refractivity contribution in [3.05, 3.63) is 29.3 Å². The van der Waals surface area contributed by atoms with Crippen LogP contribution in [0.3, 0.4) is 0 Å². The summed E-state index contributed by atoms with van der Waals surface area (Å²) in [7, 11) is -1.33. The van der Waals surface area contributed by atoms with Gasteiger partial charge in [0.25, 0.3) is 5.91 Å². The summed E-state index contributed by atoms with van der Waals surface area (Å²) in [6.45, 7) is -0.0498. The quantitative estimate of drug-likeness (QED) is 0.835. The lowest BCUT2D eigenvalue weighted by Crippen LogP contribution is -2.40. The summed E-state index contributed by atoms with van der Waals surface area (Å²) in [6.07, 6.45) is 3.88. The fourth-order valence-corrected chi connectivity index (χ4v) is 4.94. The van der Waals surface area contributed by atoms with Gasteiger partial charge in [-0.25, -0.2) is 8.42 Å². The third-order valence-corrected chi connectivity index (χ3v) is 6.33. The first-order valence-electron chi connectivity index (χ1n) is 7.65. The number of ether oxygens (including phenoxy) is 1. The molecule has 120 valence electrons. The standard InChI is InChI=1S/C16H21NO4S/c1-17(14-7-8-22(19,20)11-14)16(18)10-21-15-6-5-12-3-2-4-13(12)9-15/h5-6,9,14H,2-4,7-8,10-11H2,1H3/t14-/m1/s1. The molecule has 1 heterocycles. The molecule has 0 saturated carbocycles. The highest BCUT2D eigenvalue weighted by Crippen LogP contribution is 2.26. The SMILES string of the molecule is CN(C(=O)COc1ccc2c(c1)CCC2)[C@@H]1CCS(=O)(=O)C1. The fraction of sp³-hybridized carbons (Fsp3) is 0.562. The molecule has 1 atom stereocenters. The average Bonchev–Trinajstić information content (AvgIpc) is 3.09. The van der Waals surface area contributed by atoms with Crippen LogP contribution in [0.1, 0.15) is 24.0 Å². The zero-order chi connectivity index (χ0) is 15.7. The first kappa shape index (κ1) is 15.3. The maximum atomic E-state index is 12.2. The summed E-state index contributed by atoms with van der Waals surface area (Å²) in [4.78, 5) is 13.7. The molecule has 0 N–H and O–H groups in total. The number of hydrogen-bond acceptors (Lipinski definition) is 4. The van der Waals surface area contributed by atoms with Crippen LogP contribution in [-0.4, -0.2) is 50.4 Å². The van der Waals surface area contributed by atoms with Crippen molar-refractivity contribution in [2.45, 2.75) is 31.7 Å². The Morgan fingerprint density at radius 3 is 2.82 bits per heavy atom. The van der Waals surface area contributed by atoms with Gasteiger partial charge < -0.3 is 9.64 Å². The largest absolute Gasteiger partial charge is 0.484 e. The van der Waals surface area contributed by atoms with E-state index >= 15 is 0 Å². The summed E-state index contributed by atoms with van der Waals surface area (Å²) in [5, 5.41) is 0. The Hall–Kier alpha value is -1.56. The van der Waals surface area contributed by atoms with E-state index in [2.05, 4.69) is 6.07 Å². The normalized spacial score (nSPS) is 22.3. The summed E-state index contributed by atoms with van der Waals surface area (Å²) in [5.74, 6) is 0.763. The molecule has 6 heteroatoms. The minimum Gasteiger partial charge on any atom is -0.484 e. The van der Waals surface area contributed by atoms with Gasteiger partial charge in [-0.15, -0.1) is 0 Å². The number of nitrogens with zero attached hydrogens (tertiary/aromatic N) is 1. The Balaban J connectivity index is 1.56. The van der Waals surface area contributed by atoms with E-state index in [0.717, 1.165) is 12.8 Å². The van der Waals surface area contributed by atoms with E-state index in [0.29, 0.717) is 12.2 Å². The van der Waals surface area contributed by atoms with E-state index < -0.39 is 9.84 Å². The number of carbonyl (C=O) groups is 1. The molecule has 0 unspecified atom stereocenters. The first-order chi connectivity index (χ1) is 10.4. The van der Waals surface area contributed by atoms with Crippen molar-refractivity contribution in [3.63, 3.8) is 0 Å². The van der Waals surface area contributed by atoms with Crippen LogP contribution in [0.25, 0.3) is 0 Å². The maximum Gasteiger partial charge on any atom is 0.260 e. The number of carbonyl (C=O) groups excluding carboxylic acids is 1. The van der Waals surface area contributed by atoms with Gasteiger partial charge in [0.05, 0.1) is 11.5 Å². The third-order valence-electron chi connectivity index (χ3n) is 4.58. The molecule has 0 bridgehead atoms. The average molecular weight is 323 g/mol. The van der Waals surface area contributed by atoms with Crippen LogP contribution >= 0.6 is 0 Å². The van der Waals surface area contributed by atoms with Gasteiger partial charge in [0.15, 0.2) is 16.4 Å². The van der Waals surface area contributed by atoms with Crippen molar-refractivity contribution in [2.75, 3.05) is 25.2 Å².